The van der Waals surface area contributed by atoms with Crippen LogP contribution >= 0.6 is 0 Å². The van der Waals surface area contributed by atoms with Crippen LogP contribution in [0.25, 0.3) is 10.9 Å². The summed E-state index contributed by atoms with van der Waals surface area (Å²) >= 11 is 0. The molecule has 8 heteroatoms. The molecular weight excluding hydrogens is 362 g/mol. The summed E-state index contributed by atoms with van der Waals surface area (Å²) in [6, 6.07) is 6.88. The number of ether oxygens (including phenoxy) is 2. The van der Waals surface area contributed by atoms with E-state index in [9.17, 15) is 9.90 Å². The summed E-state index contributed by atoms with van der Waals surface area (Å²) in [6.45, 7) is 9.61. The molecule has 0 amide bonds. The fourth-order valence-corrected chi connectivity index (χ4v) is 4.06. The Morgan fingerprint density at radius 2 is 2.15 bits per heavy atom. The van der Waals surface area contributed by atoms with Crippen molar-refractivity contribution < 1.29 is 19.4 Å². The van der Waals surface area contributed by atoms with Crippen LogP contribution < -0.4 is 4.90 Å². The highest BCUT2D eigenvalue weighted by atomic mass is 28.3. The standard InChI is InChI=1S/C19H29N3O4Si/c1-25-15-7-8-21(12-15)14-5-6-16-17(11-14)22(20-18(16)19(23)24)13-26-9-10-27(2,3)4/h5-6,11,15H,7-10,12-13H2,1-4H3,(H,23,24)/t15-/m1/s1. The van der Waals surface area contributed by atoms with Crippen LogP contribution in [0.15, 0.2) is 18.2 Å². The molecule has 0 radical (unpaired) electrons. The number of hydrogen-bond donors (Lipinski definition) is 1. The molecule has 0 aliphatic carbocycles. The molecular formula is C19H29N3O4Si. The molecule has 1 aliphatic rings. The molecule has 0 saturated carbocycles. The lowest BCUT2D eigenvalue weighted by atomic mass is 10.2. The number of aromatic carboxylic acids is 1. The second-order valence-electron chi connectivity index (χ2n) is 8.30. The monoisotopic (exact) mass is 391 g/mol. The predicted octanol–water partition coefficient (Wildman–Crippen LogP) is 3.27. The molecule has 3 rings (SSSR count). The SMILES string of the molecule is CO[C@@H]1CCN(c2ccc3c(C(=O)O)nn(COCC[Si](C)(C)C)c3c2)C1. The molecule has 1 aromatic carbocycles. The van der Waals surface area contributed by atoms with E-state index in [2.05, 4.69) is 29.6 Å². The van der Waals surface area contributed by atoms with E-state index in [4.69, 9.17) is 9.47 Å². The summed E-state index contributed by atoms with van der Waals surface area (Å²) in [5.74, 6) is -1.02. The number of aromatic nitrogens is 2. The first kappa shape index (κ1) is 19.8. The number of nitrogens with zero attached hydrogens (tertiary/aromatic N) is 3. The normalized spacial score (nSPS) is 17.8. The van der Waals surface area contributed by atoms with E-state index in [-0.39, 0.29) is 18.5 Å². The number of rotatable bonds is 8. The highest BCUT2D eigenvalue weighted by Crippen LogP contribution is 2.28. The average molecular weight is 392 g/mol. The van der Waals surface area contributed by atoms with Gasteiger partial charge in [-0.05, 0) is 30.7 Å². The molecule has 2 heterocycles. The van der Waals surface area contributed by atoms with Gasteiger partial charge in [0, 0.05) is 46.0 Å². The molecule has 27 heavy (non-hydrogen) atoms. The van der Waals surface area contributed by atoms with Crippen LogP contribution in [-0.4, -0.2) is 61.8 Å². The van der Waals surface area contributed by atoms with Crippen molar-refractivity contribution in [2.45, 2.75) is 44.9 Å². The van der Waals surface area contributed by atoms with Crippen molar-refractivity contribution in [3.8, 4) is 0 Å². The van der Waals surface area contributed by atoms with Gasteiger partial charge in [-0.1, -0.05) is 19.6 Å². The van der Waals surface area contributed by atoms with E-state index in [1.165, 1.54) is 0 Å². The third-order valence-corrected chi connectivity index (χ3v) is 6.70. The van der Waals surface area contributed by atoms with Crippen LogP contribution in [-0.2, 0) is 16.2 Å². The van der Waals surface area contributed by atoms with Crippen molar-refractivity contribution in [3.63, 3.8) is 0 Å². The van der Waals surface area contributed by atoms with Crippen molar-refractivity contribution in [3.05, 3.63) is 23.9 Å². The minimum absolute atomic E-state index is 0.0709. The van der Waals surface area contributed by atoms with Crippen molar-refractivity contribution in [1.82, 2.24) is 9.78 Å². The van der Waals surface area contributed by atoms with E-state index >= 15 is 0 Å². The topological polar surface area (TPSA) is 76.8 Å². The van der Waals surface area contributed by atoms with Crippen LogP contribution in [0, 0.1) is 0 Å². The summed E-state index contributed by atoms with van der Waals surface area (Å²) in [5.41, 5.74) is 1.92. The first-order valence-electron chi connectivity index (χ1n) is 9.38. The number of methoxy groups -OCH3 is 1. The highest BCUT2D eigenvalue weighted by molar-refractivity contribution is 6.76. The quantitative estimate of drug-likeness (QED) is 0.550. The zero-order valence-electron chi connectivity index (χ0n) is 16.6. The maximum Gasteiger partial charge on any atom is 0.357 e. The number of anilines is 1. The summed E-state index contributed by atoms with van der Waals surface area (Å²) in [6.07, 6.45) is 1.23. The number of carboxylic acids is 1. The zero-order chi connectivity index (χ0) is 19.6. The lowest BCUT2D eigenvalue weighted by Gasteiger charge is -2.19. The van der Waals surface area contributed by atoms with Crippen molar-refractivity contribution >= 4 is 30.6 Å². The fraction of sp³-hybridized carbons (Fsp3) is 0.579. The lowest BCUT2D eigenvalue weighted by Crippen LogP contribution is -2.22. The molecule has 148 valence electrons. The first-order valence-corrected chi connectivity index (χ1v) is 13.1. The maximum atomic E-state index is 11.6. The molecule has 0 bridgehead atoms. The van der Waals surface area contributed by atoms with Crippen LogP contribution in [0.3, 0.4) is 0 Å². The Kier molecular flexibility index (Phi) is 5.88. The van der Waals surface area contributed by atoms with Gasteiger partial charge in [0.2, 0.25) is 0 Å². The van der Waals surface area contributed by atoms with E-state index in [1.807, 2.05) is 18.2 Å². The fourth-order valence-electron chi connectivity index (χ4n) is 3.30. The van der Waals surface area contributed by atoms with Gasteiger partial charge in [-0.2, -0.15) is 5.10 Å². The number of benzene rings is 1. The summed E-state index contributed by atoms with van der Waals surface area (Å²) in [4.78, 5) is 13.8. The van der Waals surface area contributed by atoms with E-state index < -0.39 is 14.0 Å². The van der Waals surface area contributed by atoms with Gasteiger partial charge < -0.3 is 19.5 Å². The smallest absolute Gasteiger partial charge is 0.357 e. The van der Waals surface area contributed by atoms with Crippen molar-refractivity contribution in [1.29, 1.82) is 0 Å². The molecule has 1 aliphatic heterocycles. The van der Waals surface area contributed by atoms with Gasteiger partial charge in [-0.15, -0.1) is 0 Å². The molecule has 1 aromatic heterocycles. The summed E-state index contributed by atoms with van der Waals surface area (Å²) < 4.78 is 12.9. The largest absolute Gasteiger partial charge is 0.476 e. The molecule has 0 unspecified atom stereocenters. The van der Waals surface area contributed by atoms with E-state index in [0.29, 0.717) is 12.0 Å². The molecule has 1 atom stereocenters. The van der Waals surface area contributed by atoms with Gasteiger partial charge in [0.05, 0.1) is 11.6 Å². The van der Waals surface area contributed by atoms with Crippen LogP contribution in [0.4, 0.5) is 5.69 Å². The van der Waals surface area contributed by atoms with Gasteiger partial charge in [0.15, 0.2) is 5.69 Å². The third kappa shape index (κ3) is 4.69. The number of hydrogen-bond acceptors (Lipinski definition) is 5. The Labute approximate surface area is 160 Å². The average Bonchev–Trinajstić information content (AvgIpc) is 3.22. The van der Waals surface area contributed by atoms with E-state index in [1.54, 1.807) is 11.8 Å². The summed E-state index contributed by atoms with van der Waals surface area (Å²) in [7, 11) is 0.573. The molecule has 1 fully saturated rings. The number of fused-ring (bicyclic) bond motifs is 1. The third-order valence-electron chi connectivity index (χ3n) is 4.99. The Morgan fingerprint density at radius 1 is 1.37 bits per heavy atom. The Morgan fingerprint density at radius 3 is 2.78 bits per heavy atom. The van der Waals surface area contributed by atoms with Crippen LogP contribution in [0.2, 0.25) is 25.7 Å². The van der Waals surface area contributed by atoms with Crippen LogP contribution in [0.1, 0.15) is 16.9 Å². The minimum atomic E-state index is -1.17. The first-order chi connectivity index (χ1) is 12.8. The van der Waals surface area contributed by atoms with Gasteiger partial charge in [-0.25, -0.2) is 9.48 Å². The highest BCUT2D eigenvalue weighted by Gasteiger charge is 2.24. The number of carboxylic acid groups (broad SMARTS) is 1. The Hall–Kier alpha value is -1.90. The van der Waals surface area contributed by atoms with E-state index in [0.717, 1.165) is 36.8 Å². The van der Waals surface area contributed by atoms with Gasteiger partial charge in [-0.3, -0.25) is 0 Å². The predicted molar refractivity (Wildman–Crippen MR) is 108 cm³/mol. The second-order valence-corrected chi connectivity index (χ2v) is 13.9. The minimum Gasteiger partial charge on any atom is -0.476 e. The molecule has 7 nitrogen and oxygen atoms in total. The number of carbonyl (C=O) groups is 1. The van der Waals surface area contributed by atoms with Gasteiger partial charge >= 0.3 is 5.97 Å². The molecule has 0 spiro atoms. The molecule has 1 saturated heterocycles. The molecule has 2 aromatic rings. The summed E-state index contributed by atoms with van der Waals surface area (Å²) in [5, 5.41) is 14.4. The lowest BCUT2D eigenvalue weighted by molar-refractivity contribution is 0.0676. The zero-order valence-corrected chi connectivity index (χ0v) is 17.6. The molecule has 1 N–H and O–H groups in total. The van der Waals surface area contributed by atoms with Gasteiger partial charge in [0.1, 0.15) is 6.73 Å². The van der Waals surface area contributed by atoms with Crippen molar-refractivity contribution in [2.24, 2.45) is 0 Å². The Balaban J connectivity index is 1.83. The van der Waals surface area contributed by atoms with Gasteiger partial charge in [0.25, 0.3) is 0 Å². The van der Waals surface area contributed by atoms with Crippen molar-refractivity contribution in [2.75, 3.05) is 31.7 Å². The maximum absolute atomic E-state index is 11.6. The Bertz CT molecular complexity index is 815. The van der Waals surface area contributed by atoms with Crippen LogP contribution in [0.5, 0.6) is 0 Å². The second kappa shape index (κ2) is 8.00.